The zero-order chi connectivity index (χ0) is 20.2. The molecule has 157 valence electrons. The quantitative estimate of drug-likeness (QED) is 0.255. The standard InChI is InChI=1S/C26H53/c1-10-16-24(21-22(7)8)26(19-13-4,20-14-5)25(17-11-2,18-12-3)23(9)15-6/h22-23H,10-21H2,1-9H3. The van der Waals surface area contributed by atoms with E-state index in [1.165, 1.54) is 77.0 Å². The van der Waals surface area contributed by atoms with Gasteiger partial charge in [0, 0.05) is 0 Å². The molecule has 1 atom stereocenters. The second kappa shape index (κ2) is 13.2. The predicted octanol–water partition coefficient (Wildman–Crippen LogP) is 9.63. The average Bonchev–Trinajstić information content (AvgIpc) is 2.59. The Kier molecular flexibility index (Phi) is 13.2. The molecule has 0 aliphatic carbocycles. The molecular formula is C26H53. The van der Waals surface area contributed by atoms with Gasteiger partial charge in [-0.25, -0.2) is 0 Å². The molecule has 0 nitrogen and oxygen atoms in total. The van der Waals surface area contributed by atoms with Crippen LogP contribution in [0.1, 0.15) is 139 Å². The van der Waals surface area contributed by atoms with Gasteiger partial charge in [0.25, 0.3) is 0 Å². The van der Waals surface area contributed by atoms with Crippen molar-refractivity contribution in [3.05, 3.63) is 5.92 Å². The average molecular weight is 366 g/mol. The summed E-state index contributed by atoms with van der Waals surface area (Å²) in [6.07, 6.45) is 16.3. The molecule has 0 aliphatic heterocycles. The Morgan fingerprint density at radius 2 is 1.12 bits per heavy atom. The lowest BCUT2D eigenvalue weighted by Gasteiger charge is -2.59. The minimum atomic E-state index is 0.457. The van der Waals surface area contributed by atoms with Crippen molar-refractivity contribution < 1.29 is 0 Å². The van der Waals surface area contributed by atoms with Crippen LogP contribution in [0.5, 0.6) is 0 Å². The van der Waals surface area contributed by atoms with Gasteiger partial charge in [0.2, 0.25) is 0 Å². The van der Waals surface area contributed by atoms with Crippen LogP contribution >= 0.6 is 0 Å². The van der Waals surface area contributed by atoms with Gasteiger partial charge in [-0.3, -0.25) is 0 Å². The normalized spacial score (nSPS) is 14.4. The molecule has 26 heavy (non-hydrogen) atoms. The fourth-order valence-electron chi connectivity index (χ4n) is 6.36. The molecule has 0 fully saturated rings. The summed E-state index contributed by atoms with van der Waals surface area (Å²) in [6, 6.07) is 0. The molecule has 0 aromatic carbocycles. The van der Waals surface area contributed by atoms with Gasteiger partial charge in [0.1, 0.15) is 0 Å². The maximum atomic E-state index is 2.59. The van der Waals surface area contributed by atoms with Crippen LogP contribution in [0.15, 0.2) is 0 Å². The molecule has 0 aliphatic rings. The van der Waals surface area contributed by atoms with Crippen LogP contribution in [0.4, 0.5) is 0 Å². The number of rotatable bonds is 16. The van der Waals surface area contributed by atoms with E-state index >= 15 is 0 Å². The lowest BCUT2D eigenvalue weighted by molar-refractivity contribution is -0.0493. The van der Waals surface area contributed by atoms with Crippen molar-refractivity contribution in [2.24, 2.45) is 22.7 Å². The van der Waals surface area contributed by atoms with Crippen molar-refractivity contribution in [3.63, 3.8) is 0 Å². The van der Waals surface area contributed by atoms with Crippen molar-refractivity contribution in [3.8, 4) is 0 Å². The fraction of sp³-hybridized carbons (Fsp3) is 0.962. The van der Waals surface area contributed by atoms with Crippen LogP contribution in [0.25, 0.3) is 0 Å². The fourth-order valence-corrected chi connectivity index (χ4v) is 6.36. The Hall–Kier alpha value is 0. The zero-order valence-corrected chi connectivity index (χ0v) is 20.1. The van der Waals surface area contributed by atoms with E-state index in [-0.39, 0.29) is 0 Å². The lowest BCUT2D eigenvalue weighted by atomic mass is 9.45. The molecule has 0 heteroatoms. The van der Waals surface area contributed by atoms with Crippen molar-refractivity contribution >= 4 is 0 Å². The van der Waals surface area contributed by atoms with Crippen LogP contribution < -0.4 is 0 Å². The maximum Gasteiger partial charge on any atom is -0.0171 e. The number of hydrogen-bond acceptors (Lipinski definition) is 0. The van der Waals surface area contributed by atoms with Crippen LogP contribution in [-0.2, 0) is 0 Å². The van der Waals surface area contributed by atoms with Gasteiger partial charge in [-0.2, -0.15) is 0 Å². The summed E-state index contributed by atoms with van der Waals surface area (Å²) in [5.74, 6) is 3.54. The van der Waals surface area contributed by atoms with Crippen molar-refractivity contribution in [2.45, 2.75) is 139 Å². The molecule has 0 spiro atoms. The summed E-state index contributed by atoms with van der Waals surface area (Å²) >= 11 is 0. The number of hydrogen-bond donors (Lipinski definition) is 0. The minimum Gasteiger partial charge on any atom is -0.0654 e. The molecular weight excluding hydrogens is 312 g/mol. The molecule has 0 bridgehead atoms. The van der Waals surface area contributed by atoms with E-state index in [4.69, 9.17) is 0 Å². The van der Waals surface area contributed by atoms with Gasteiger partial charge in [0.15, 0.2) is 0 Å². The van der Waals surface area contributed by atoms with E-state index in [1.54, 1.807) is 0 Å². The van der Waals surface area contributed by atoms with Crippen molar-refractivity contribution in [2.75, 3.05) is 0 Å². The molecule has 0 rings (SSSR count). The largest absolute Gasteiger partial charge is 0.0654 e. The third-order valence-corrected chi connectivity index (χ3v) is 7.14. The van der Waals surface area contributed by atoms with E-state index in [0.29, 0.717) is 10.8 Å². The third kappa shape index (κ3) is 6.00. The van der Waals surface area contributed by atoms with Gasteiger partial charge >= 0.3 is 0 Å². The van der Waals surface area contributed by atoms with E-state index in [2.05, 4.69) is 62.3 Å². The summed E-state index contributed by atoms with van der Waals surface area (Å²) in [4.78, 5) is 0. The van der Waals surface area contributed by atoms with Crippen LogP contribution in [0, 0.1) is 28.6 Å². The maximum absolute atomic E-state index is 2.59. The van der Waals surface area contributed by atoms with E-state index in [0.717, 1.165) is 11.8 Å². The van der Waals surface area contributed by atoms with Crippen molar-refractivity contribution in [1.82, 2.24) is 0 Å². The van der Waals surface area contributed by atoms with E-state index in [1.807, 2.05) is 5.92 Å². The Bertz CT molecular complexity index is 315. The van der Waals surface area contributed by atoms with Gasteiger partial charge in [0.05, 0.1) is 0 Å². The minimum absolute atomic E-state index is 0.457. The molecule has 0 saturated carbocycles. The molecule has 0 saturated heterocycles. The smallest absolute Gasteiger partial charge is 0.0171 e. The summed E-state index contributed by atoms with van der Waals surface area (Å²) in [5.41, 5.74) is 0.953. The highest BCUT2D eigenvalue weighted by Crippen LogP contribution is 2.63. The van der Waals surface area contributed by atoms with Crippen LogP contribution in [-0.4, -0.2) is 0 Å². The zero-order valence-electron chi connectivity index (χ0n) is 20.1. The first-order valence-corrected chi connectivity index (χ1v) is 12.2. The predicted molar refractivity (Wildman–Crippen MR) is 122 cm³/mol. The summed E-state index contributed by atoms with van der Waals surface area (Å²) in [7, 11) is 0. The van der Waals surface area contributed by atoms with Crippen LogP contribution in [0.2, 0.25) is 0 Å². The molecule has 0 aromatic heterocycles. The SMILES string of the molecule is CCC[C](CC(C)C)C(CCC)(CCC)C(CCC)(CCC)C(C)CC. The Morgan fingerprint density at radius 3 is 1.42 bits per heavy atom. The lowest BCUT2D eigenvalue weighted by Crippen LogP contribution is -2.50. The van der Waals surface area contributed by atoms with Gasteiger partial charge in [-0.15, -0.1) is 0 Å². The van der Waals surface area contributed by atoms with Gasteiger partial charge in [-0.1, -0.05) is 101 Å². The second-order valence-corrected chi connectivity index (χ2v) is 9.50. The first-order valence-electron chi connectivity index (χ1n) is 12.2. The Balaban J connectivity index is 6.54. The van der Waals surface area contributed by atoms with Crippen LogP contribution in [0.3, 0.4) is 0 Å². The third-order valence-electron chi connectivity index (χ3n) is 7.14. The first kappa shape index (κ1) is 26.0. The monoisotopic (exact) mass is 365 g/mol. The molecule has 0 heterocycles. The summed E-state index contributed by atoms with van der Waals surface area (Å²) in [6.45, 7) is 22.0. The molecule has 0 aromatic rings. The molecule has 0 amide bonds. The van der Waals surface area contributed by atoms with E-state index in [9.17, 15) is 0 Å². The summed E-state index contributed by atoms with van der Waals surface area (Å²) < 4.78 is 0. The molecule has 1 unspecified atom stereocenters. The Labute approximate surface area is 168 Å². The molecule has 1 radical (unpaired) electrons. The highest BCUT2D eigenvalue weighted by atomic mass is 14.6. The molecule has 0 N–H and O–H groups in total. The van der Waals surface area contributed by atoms with E-state index < -0.39 is 0 Å². The van der Waals surface area contributed by atoms with Crippen molar-refractivity contribution in [1.29, 1.82) is 0 Å². The highest BCUT2D eigenvalue weighted by molar-refractivity contribution is 5.16. The Morgan fingerprint density at radius 1 is 0.654 bits per heavy atom. The van der Waals surface area contributed by atoms with Gasteiger partial charge < -0.3 is 0 Å². The highest BCUT2D eigenvalue weighted by Gasteiger charge is 2.54. The van der Waals surface area contributed by atoms with Gasteiger partial charge in [-0.05, 0) is 67.1 Å². The summed E-state index contributed by atoms with van der Waals surface area (Å²) in [5, 5.41) is 0. The topological polar surface area (TPSA) is 0 Å². The first-order chi connectivity index (χ1) is 12.3. The second-order valence-electron chi connectivity index (χ2n) is 9.50.